The van der Waals surface area contributed by atoms with Crippen molar-refractivity contribution in [2.24, 2.45) is 0 Å². The second kappa shape index (κ2) is 5.02. The number of nitrogens with zero attached hydrogens (tertiary/aromatic N) is 2. The Bertz CT molecular complexity index is 753. The Morgan fingerprint density at radius 1 is 1.15 bits per heavy atom. The molecule has 0 bridgehead atoms. The number of thiazole rings is 1. The van der Waals surface area contributed by atoms with Crippen LogP contribution in [0, 0.1) is 12.7 Å². The molecule has 2 heterocycles. The number of hydrogen-bond donors (Lipinski definition) is 1. The molecule has 100 valence electrons. The van der Waals surface area contributed by atoms with Gasteiger partial charge in [0, 0.05) is 4.88 Å². The molecule has 0 radical (unpaired) electrons. The fraction of sp³-hybridized carbons (Fsp3) is 0.0667. The average Bonchev–Trinajstić information content (AvgIpc) is 2.82. The SMILES string of the molecule is Cc1sc(-c2ccccc2O)nc1-c1ccc(F)cn1. The Hall–Kier alpha value is -2.27. The fourth-order valence-corrected chi connectivity index (χ4v) is 2.88. The molecule has 0 aliphatic rings. The highest BCUT2D eigenvalue weighted by atomic mass is 32.1. The number of aromatic nitrogens is 2. The van der Waals surface area contributed by atoms with E-state index in [4.69, 9.17) is 0 Å². The Labute approximate surface area is 119 Å². The lowest BCUT2D eigenvalue weighted by Crippen LogP contribution is -1.87. The summed E-state index contributed by atoms with van der Waals surface area (Å²) in [4.78, 5) is 9.53. The van der Waals surface area contributed by atoms with Gasteiger partial charge >= 0.3 is 0 Å². The minimum Gasteiger partial charge on any atom is -0.507 e. The Morgan fingerprint density at radius 2 is 1.95 bits per heavy atom. The van der Waals surface area contributed by atoms with E-state index in [0.717, 1.165) is 9.88 Å². The molecule has 3 rings (SSSR count). The summed E-state index contributed by atoms with van der Waals surface area (Å²) in [7, 11) is 0. The number of pyridine rings is 1. The quantitative estimate of drug-likeness (QED) is 0.773. The minimum absolute atomic E-state index is 0.194. The minimum atomic E-state index is -0.373. The van der Waals surface area contributed by atoms with Gasteiger partial charge in [-0.3, -0.25) is 4.98 Å². The highest BCUT2D eigenvalue weighted by Gasteiger charge is 2.14. The Morgan fingerprint density at radius 3 is 2.65 bits per heavy atom. The maximum Gasteiger partial charge on any atom is 0.141 e. The van der Waals surface area contributed by atoms with Gasteiger partial charge in [-0.25, -0.2) is 9.37 Å². The summed E-state index contributed by atoms with van der Waals surface area (Å²) in [5, 5.41) is 10.6. The third kappa shape index (κ3) is 2.28. The molecule has 1 aromatic carbocycles. The normalized spacial score (nSPS) is 10.7. The third-order valence-corrected chi connectivity index (χ3v) is 3.91. The van der Waals surface area contributed by atoms with Crippen LogP contribution in [0.25, 0.3) is 22.0 Å². The second-order valence-electron chi connectivity index (χ2n) is 4.30. The van der Waals surface area contributed by atoms with Gasteiger partial charge in [-0.1, -0.05) is 12.1 Å². The number of rotatable bonds is 2. The van der Waals surface area contributed by atoms with Gasteiger partial charge < -0.3 is 5.11 Å². The topological polar surface area (TPSA) is 46.0 Å². The van der Waals surface area contributed by atoms with Gasteiger partial charge in [0.2, 0.25) is 0 Å². The first-order chi connectivity index (χ1) is 9.65. The zero-order valence-corrected chi connectivity index (χ0v) is 11.5. The molecule has 5 heteroatoms. The van der Waals surface area contributed by atoms with Crippen molar-refractivity contribution < 1.29 is 9.50 Å². The molecule has 0 spiro atoms. The largest absolute Gasteiger partial charge is 0.507 e. The highest BCUT2D eigenvalue weighted by Crippen LogP contribution is 2.36. The summed E-state index contributed by atoms with van der Waals surface area (Å²) in [6.07, 6.45) is 1.17. The second-order valence-corrected chi connectivity index (χ2v) is 5.51. The molecule has 3 nitrogen and oxygen atoms in total. The van der Waals surface area contributed by atoms with Crippen molar-refractivity contribution in [3.63, 3.8) is 0 Å². The first-order valence-corrected chi connectivity index (χ1v) is 6.84. The van der Waals surface area contributed by atoms with Crippen molar-refractivity contribution in [3.05, 3.63) is 53.3 Å². The average molecular weight is 286 g/mol. The van der Waals surface area contributed by atoms with Crippen LogP contribution >= 0.6 is 11.3 Å². The van der Waals surface area contributed by atoms with Crippen LogP contribution in [0.3, 0.4) is 0 Å². The molecular weight excluding hydrogens is 275 g/mol. The predicted molar refractivity (Wildman–Crippen MR) is 77.1 cm³/mol. The molecule has 3 aromatic rings. The summed E-state index contributed by atoms with van der Waals surface area (Å²) < 4.78 is 12.9. The zero-order valence-electron chi connectivity index (χ0n) is 10.7. The number of aryl methyl sites for hydroxylation is 1. The van der Waals surface area contributed by atoms with Crippen LogP contribution < -0.4 is 0 Å². The number of phenolic OH excluding ortho intramolecular Hbond substituents is 1. The van der Waals surface area contributed by atoms with Gasteiger partial charge in [-0.2, -0.15) is 0 Å². The lowest BCUT2D eigenvalue weighted by atomic mass is 10.2. The molecule has 0 saturated heterocycles. The van der Waals surface area contributed by atoms with Crippen molar-refractivity contribution in [1.82, 2.24) is 9.97 Å². The summed E-state index contributed by atoms with van der Waals surface area (Å²) in [6.45, 7) is 1.93. The predicted octanol–water partition coefficient (Wildman–Crippen LogP) is 4.03. The van der Waals surface area contributed by atoms with E-state index in [-0.39, 0.29) is 11.6 Å². The number of aromatic hydroxyl groups is 1. The van der Waals surface area contributed by atoms with E-state index in [9.17, 15) is 9.50 Å². The van der Waals surface area contributed by atoms with E-state index in [2.05, 4.69) is 9.97 Å². The monoisotopic (exact) mass is 286 g/mol. The molecular formula is C15H11FN2OS. The smallest absolute Gasteiger partial charge is 0.141 e. The molecule has 20 heavy (non-hydrogen) atoms. The van der Waals surface area contributed by atoms with Gasteiger partial charge in [0.15, 0.2) is 0 Å². The highest BCUT2D eigenvalue weighted by molar-refractivity contribution is 7.15. The molecule has 0 atom stereocenters. The van der Waals surface area contributed by atoms with Crippen molar-refractivity contribution in [1.29, 1.82) is 0 Å². The summed E-state index contributed by atoms with van der Waals surface area (Å²) >= 11 is 1.48. The Balaban J connectivity index is 2.08. The van der Waals surface area contributed by atoms with Crippen LogP contribution in [0.2, 0.25) is 0 Å². The molecule has 0 amide bonds. The maximum absolute atomic E-state index is 12.9. The summed E-state index contributed by atoms with van der Waals surface area (Å²) in [5.74, 6) is -0.178. The maximum atomic E-state index is 12.9. The molecule has 0 fully saturated rings. The van der Waals surface area contributed by atoms with Gasteiger partial charge in [0.05, 0.1) is 17.5 Å². The van der Waals surface area contributed by atoms with Crippen molar-refractivity contribution in [2.75, 3.05) is 0 Å². The van der Waals surface area contributed by atoms with Gasteiger partial charge in [0.1, 0.15) is 22.3 Å². The number of phenols is 1. The molecule has 1 N–H and O–H groups in total. The molecule has 2 aromatic heterocycles. The van der Waals surface area contributed by atoms with E-state index >= 15 is 0 Å². The lowest BCUT2D eigenvalue weighted by Gasteiger charge is -1.99. The van der Waals surface area contributed by atoms with Crippen LogP contribution in [-0.2, 0) is 0 Å². The zero-order chi connectivity index (χ0) is 14.1. The summed E-state index contributed by atoms with van der Waals surface area (Å²) in [5.41, 5.74) is 2.03. The van der Waals surface area contributed by atoms with E-state index < -0.39 is 0 Å². The van der Waals surface area contributed by atoms with E-state index in [0.29, 0.717) is 17.0 Å². The van der Waals surface area contributed by atoms with Crippen LogP contribution in [-0.4, -0.2) is 15.1 Å². The number of halogens is 1. The first-order valence-electron chi connectivity index (χ1n) is 6.03. The van der Waals surface area contributed by atoms with Gasteiger partial charge in [-0.15, -0.1) is 11.3 Å². The van der Waals surface area contributed by atoms with Crippen molar-refractivity contribution >= 4 is 11.3 Å². The van der Waals surface area contributed by atoms with Gasteiger partial charge in [0.25, 0.3) is 0 Å². The molecule has 0 aliphatic heterocycles. The molecule has 0 unspecified atom stereocenters. The molecule has 0 saturated carbocycles. The number of benzene rings is 1. The van der Waals surface area contributed by atoms with E-state index in [1.165, 1.54) is 23.6 Å². The number of para-hydroxylation sites is 1. The first kappa shape index (κ1) is 12.7. The van der Waals surface area contributed by atoms with Crippen LogP contribution in [0.5, 0.6) is 5.75 Å². The Kier molecular flexibility index (Phi) is 3.20. The lowest BCUT2D eigenvalue weighted by molar-refractivity contribution is 0.477. The third-order valence-electron chi connectivity index (χ3n) is 2.90. The van der Waals surface area contributed by atoms with Crippen LogP contribution in [0.4, 0.5) is 4.39 Å². The van der Waals surface area contributed by atoms with E-state index in [1.54, 1.807) is 18.2 Å². The van der Waals surface area contributed by atoms with Crippen LogP contribution in [0.15, 0.2) is 42.6 Å². The van der Waals surface area contributed by atoms with Gasteiger partial charge in [-0.05, 0) is 31.2 Å². The fourth-order valence-electron chi connectivity index (χ4n) is 1.92. The molecule has 0 aliphatic carbocycles. The standard InChI is InChI=1S/C15H11FN2OS/c1-9-14(12-7-6-10(16)8-17-12)18-15(20-9)11-4-2-3-5-13(11)19/h2-8,19H,1H3. The van der Waals surface area contributed by atoms with E-state index in [1.807, 2.05) is 19.1 Å². The van der Waals surface area contributed by atoms with Crippen molar-refractivity contribution in [2.45, 2.75) is 6.92 Å². The van der Waals surface area contributed by atoms with Crippen molar-refractivity contribution in [3.8, 4) is 27.7 Å². The number of hydrogen-bond acceptors (Lipinski definition) is 4. The summed E-state index contributed by atoms with van der Waals surface area (Å²) in [6, 6.07) is 10.0. The van der Waals surface area contributed by atoms with Crippen LogP contribution in [0.1, 0.15) is 4.88 Å².